The van der Waals surface area contributed by atoms with Crippen LogP contribution in [0, 0.1) is 0 Å². The molecule has 5 nitrogen and oxygen atoms in total. The van der Waals surface area contributed by atoms with Crippen LogP contribution in [0.15, 0.2) is 55.1 Å². The van der Waals surface area contributed by atoms with Crippen LogP contribution in [0.1, 0.15) is 23.6 Å². The standard InChI is InChI=1S/C17H13ClN4O/c18-12-4-1-5-13(7-12)22-10-20-16-14(8-15(23)21-17(16)22)11-3-2-6-19-9-11/h1-7,9-10,14H,8H2,(H,21,23). The maximum Gasteiger partial charge on any atom is 0.226 e. The molecule has 0 bridgehead atoms. The maximum atomic E-state index is 12.2. The van der Waals surface area contributed by atoms with E-state index in [4.69, 9.17) is 11.6 Å². The average Bonchev–Trinajstić information content (AvgIpc) is 2.98. The predicted octanol–water partition coefficient (Wildman–Crippen LogP) is 3.39. The lowest BCUT2D eigenvalue weighted by molar-refractivity contribution is -0.116. The Balaban J connectivity index is 1.83. The summed E-state index contributed by atoms with van der Waals surface area (Å²) in [7, 11) is 0. The highest BCUT2D eigenvalue weighted by Gasteiger charge is 2.31. The van der Waals surface area contributed by atoms with Gasteiger partial charge in [-0.05, 0) is 29.8 Å². The van der Waals surface area contributed by atoms with Gasteiger partial charge in [0.1, 0.15) is 12.1 Å². The number of hydrogen-bond donors (Lipinski definition) is 1. The Bertz CT molecular complexity index is 875. The van der Waals surface area contributed by atoms with Gasteiger partial charge >= 0.3 is 0 Å². The molecule has 114 valence electrons. The summed E-state index contributed by atoms with van der Waals surface area (Å²) in [5.41, 5.74) is 2.69. The van der Waals surface area contributed by atoms with Gasteiger partial charge in [0.25, 0.3) is 0 Å². The molecule has 6 heteroatoms. The van der Waals surface area contributed by atoms with E-state index in [9.17, 15) is 4.79 Å². The van der Waals surface area contributed by atoms with E-state index in [2.05, 4.69) is 15.3 Å². The summed E-state index contributed by atoms with van der Waals surface area (Å²) in [5.74, 6) is 0.570. The summed E-state index contributed by atoms with van der Waals surface area (Å²) in [6, 6.07) is 11.3. The molecule has 0 spiro atoms. The second-order valence-electron chi connectivity index (χ2n) is 5.42. The fraction of sp³-hybridized carbons (Fsp3) is 0.118. The first-order valence-corrected chi connectivity index (χ1v) is 7.63. The zero-order valence-corrected chi connectivity index (χ0v) is 12.9. The molecule has 0 saturated heterocycles. The van der Waals surface area contributed by atoms with Crippen LogP contribution >= 0.6 is 11.6 Å². The second kappa shape index (κ2) is 5.52. The van der Waals surface area contributed by atoms with Gasteiger partial charge < -0.3 is 5.32 Å². The van der Waals surface area contributed by atoms with Crippen molar-refractivity contribution >= 4 is 23.3 Å². The number of hydrogen-bond acceptors (Lipinski definition) is 3. The molecule has 3 heterocycles. The quantitative estimate of drug-likeness (QED) is 0.786. The van der Waals surface area contributed by atoms with Crippen LogP contribution in [0.4, 0.5) is 5.82 Å². The highest BCUT2D eigenvalue weighted by molar-refractivity contribution is 6.30. The fourth-order valence-corrected chi connectivity index (χ4v) is 3.07. The number of nitrogens with one attached hydrogen (secondary N) is 1. The van der Waals surface area contributed by atoms with E-state index in [-0.39, 0.29) is 11.8 Å². The van der Waals surface area contributed by atoms with Crippen molar-refractivity contribution in [2.45, 2.75) is 12.3 Å². The summed E-state index contributed by atoms with van der Waals surface area (Å²) < 4.78 is 1.85. The molecular weight excluding hydrogens is 312 g/mol. The molecule has 0 radical (unpaired) electrons. The van der Waals surface area contributed by atoms with Crippen molar-refractivity contribution in [3.8, 4) is 5.69 Å². The van der Waals surface area contributed by atoms with Crippen molar-refractivity contribution in [3.63, 3.8) is 0 Å². The highest BCUT2D eigenvalue weighted by Crippen LogP contribution is 2.37. The van der Waals surface area contributed by atoms with E-state index in [1.807, 2.05) is 41.0 Å². The van der Waals surface area contributed by atoms with E-state index in [0.29, 0.717) is 17.3 Å². The van der Waals surface area contributed by atoms with Crippen LogP contribution in [0.3, 0.4) is 0 Å². The largest absolute Gasteiger partial charge is 0.310 e. The van der Waals surface area contributed by atoms with Crippen LogP contribution in [0.25, 0.3) is 5.69 Å². The minimum Gasteiger partial charge on any atom is -0.310 e. The molecule has 1 aliphatic rings. The molecule has 1 aliphatic heterocycles. The molecule has 0 fully saturated rings. The highest BCUT2D eigenvalue weighted by atomic mass is 35.5. The number of halogens is 1. The summed E-state index contributed by atoms with van der Waals surface area (Å²) in [6.07, 6.45) is 5.58. The molecule has 1 unspecified atom stereocenters. The van der Waals surface area contributed by atoms with Crippen LogP contribution in [-0.4, -0.2) is 20.4 Å². The van der Waals surface area contributed by atoms with Crippen molar-refractivity contribution < 1.29 is 4.79 Å². The number of carbonyl (C=O) groups is 1. The van der Waals surface area contributed by atoms with Crippen molar-refractivity contribution in [2.24, 2.45) is 0 Å². The lowest BCUT2D eigenvalue weighted by atomic mass is 9.91. The third kappa shape index (κ3) is 2.49. The monoisotopic (exact) mass is 324 g/mol. The van der Waals surface area contributed by atoms with E-state index in [0.717, 1.165) is 16.9 Å². The SMILES string of the molecule is O=C1CC(c2cccnc2)c2ncn(-c3cccc(Cl)c3)c2N1. The minimum atomic E-state index is -0.0899. The molecular formula is C17H13ClN4O. The van der Waals surface area contributed by atoms with Gasteiger partial charge in [-0.25, -0.2) is 4.98 Å². The number of benzene rings is 1. The van der Waals surface area contributed by atoms with Crippen LogP contribution in [-0.2, 0) is 4.79 Å². The van der Waals surface area contributed by atoms with Crippen LogP contribution < -0.4 is 5.32 Å². The topological polar surface area (TPSA) is 59.8 Å². The van der Waals surface area contributed by atoms with Gasteiger partial charge in [-0.3, -0.25) is 14.3 Å². The molecule has 1 atom stereocenters. The Morgan fingerprint density at radius 2 is 2.17 bits per heavy atom. The van der Waals surface area contributed by atoms with Crippen molar-refractivity contribution in [1.82, 2.24) is 14.5 Å². The average molecular weight is 325 g/mol. The van der Waals surface area contributed by atoms with Crippen molar-refractivity contribution in [3.05, 3.63) is 71.4 Å². The van der Waals surface area contributed by atoms with E-state index >= 15 is 0 Å². The normalized spacial score (nSPS) is 16.7. The molecule has 3 aromatic rings. The summed E-state index contributed by atoms with van der Waals surface area (Å²) in [6.45, 7) is 0. The van der Waals surface area contributed by atoms with Gasteiger partial charge in [0, 0.05) is 35.4 Å². The van der Waals surface area contributed by atoms with Crippen molar-refractivity contribution in [2.75, 3.05) is 5.32 Å². The number of nitrogens with zero attached hydrogens (tertiary/aromatic N) is 3. The molecule has 1 aromatic carbocycles. The van der Waals surface area contributed by atoms with E-state index < -0.39 is 0 Å². The molecule has 1 amide bonds. The van der Waals surface area contributed by atoms with E-state index in [1.54, 1.807) is 18.7 Å². The van der Waals surface area contributed by atoms with Crippen LogP contribution in [0.2, 0.25) is 5.02 Å². The first kappa shape index (κ1) is 14.0. The number of fused-ring (bicyclic) bond motifs is 1. The Morgan fingerprint density at radius 1 is 1.26 bits per heavy atom. The Hall–Kier alpha value is -2.66. The first-order chi connectivity index (χ1) is 11.2. The zero-order valence-electron chi connectivity index (χ0n) is 12.1. The summed E-state index contributed by atoms with van der Waals surface area (Å²) >= 11 is 6.07. The second-order valence-corrected chi connectivity index (χ2v) is 5.86. The Labute approximate surface area is 138 Å². The lowest BCUT2D eigenvalue weighted by Crippen LogP contribution is -2.24. The number of imidazole rings is 1. The van der Waals surface area contributed by atoms with E-state index in [1.165, 1.54) is 0 Å². The Morgan fingerprint density at radius 3 is 2.96 bits per heavy atom. The molecule has 23 heavy (non-hydrogen) atoms. The third-order valence-corrected chi connectivity index (χ3v) is 4.18. The maximum absolute atomic E-state index is 12.2. The smallest absolute Gasteiger partial charge is 0.226 e. The number of rotatable bonds is 2. The minimum absolute atomic E-state index is 0.0323. The van der Waals surface area contributed by atoms with Gasteiger partial charge in [0.15, 0.2) is 0 Å². The molecule has 0 aliphatic carbocycles. The van der Waals surface area contributed by atoms with Gasteiger partial charge in [0.05, 0.1) is 5.69 Å². The molecule has 2 aromatic heterocycles. The van der Waals surface area contributed by atoms with Gasteiger partial charge in [-0.15, -0.1) is 0 Å². The number of carbonyl (C=O) groups excluding carboxylic acids is 1. The number of amides is 1. The summed E-state index contributed by atoms with van der Waals surface area (Å²) in [5, 5.41) is 3.56. The van der Waals surface area contributed by atoms with Gasteiger partial charge in [0.2, 0.25) is 5.91 Å². The molecule has 0 saturated carbocycles. The van der Waals surface area contributed by atoms with Gasteiger partial charge in [-0.1, -0.05) is 23.7 Å². The number of pyridine rings is 1. The predicted molar refractivity (Wildman–Crippen MR) is 87.9 cm³/mol. The van der Waals surface area contributed by atoms with Gasteiger partial charge in [-0.2, -0.15) is 0 Å². The summed E-state index contributed by atoms with van der Waals surface area (Å²) in [4.78, 5) is 20.8. The fourth-order valence-electron chi connectivity index (χ4n) is 2.89. The molecule has 1 N–H and O–H groups in total. The van der Waals surface area contributed by atoms with Crippen LogP contribution in [0.5, 0.6) is 0 Å². The first-order valence-electron chi connectivity index (χ1n) is 7.25. The zero-order chi connectivity index (χ0) is 15.8. The Kier molecular flexibility index (Phi) is 3.35. The number of aromatic nitrogens is 3. The number of anilines is 1. The van der Waals surface area contributed by atoms with Crippen molar-refractivity contribution in [1.29, 1.82) is 0 Å². The molecule has 4 rings (SSSR count). The third-order valence-electron chi connectivity index (χ3n) is 3.95. The lowest BCUT2D eigenvalue weighted by Gasteiger charge is -2.23.